The molecular formula is C10H16N2O. The lowest BCUT2D eigenvalue weighted by atomic mass is 10.1. The van der Waals surface area contributed by atoms with Crippen molar-refractivity contribution >= 4 is 0 Å². The van der Waals surface area contributed by atoms with Crippen LogP contribution in [0.3, 0.4) is 0 Å². The Kier molecular flexibility index (Phi) is 2.36. The van der Waals surface area contributed by atoms with Crippen LogP contribution in [-0.4, -0.2) is 18.1 Å². The molecule has 2 atom stereocenters. The van der Waals surface area contributed by atoms with E-state index in [-0.39, 0.29) is 0 Å². The van der Waals surface area contributed by atoms with Gasteiger partial charge in [0.15, 0.2) is 5.89 Å². The predicted molar refractivity (Wildman–Crippen MR) is 50.7 cm³/mol. The highest BCUT2D eigenvalue weighted by Gasteiger charge is 2.27. The lowest BCUT2D eigenvalue weighted by Gasteiger charge is -2.06. The summed E-state index contributed by atoms with van der Waals surface area (Å²) >= 11 is 0. The summed E-state index contributed by atoms with van der Waals surface area (Å²) < 4.78 is 5.52. The van der Waals surface area contributed by atoms with Crippen LogP contribution in [0.25, 0.3) is 0 Å². The van der Waals surface area contributed by atoms with Crippen molar-refractivity contribution in [1.82, 2.24) is 10.3 Å². The van der Waals surface area contributed by atoms with Gasteiger partial charge in [0.05, 0.1) is 6.20 Å². The minimum absolute atomic E-state index is 0.533. The summed E-state index contributed by atoms with van der Waals surface area (Å²) in [4.78, 5) is 4.27. The molecule has 1 aliphatic carbocycles. The van der Waals surface area contributed by atoms with Crippen molar-refractivity contribution in [3.05, 3.63) is 17.8 Å². The van der Waals surface area contributed by atoms with E-state index in [2.05, 4.69) is 10.3 Å². The van der Waals surface area contributed by atoms with E-state index in [0.29, 0.717) is 12.0 Å². The van der Waals surface area contributed by atoms with Gasteiger partial charge in [0, 0.05) is 12.0 Å². The Hall–Kier alpha value is -0.830. The van der Waals surface area contributed by atoms with Crippen LogP contribution in [0.5, 0.6) is 0 Å². The molecule has 72 valence electrons. The molecule has 0 amide bonds. The van der Waals surface area contributed by atoms with Crippen molar-refractivity contribution in [3.63, 3.8) is 0 Å². The van der Waals surface area contributed by atoms with Crippen molar-refractivity contribution in [2.45, 2.75) is 38.1 Å². The molecule has 1 aliphatic rings. The minimum atomic E-state index is 0.533. The Morgan fingerprint density at radius 2 is 2.38 bits per heavy atom. The highest BCUT2D eigenvalue weighted by molar-refractivity contribution is 5.01. The summed E-state index contributed by atoms with van der Waals surface area (Å²) in [7, 11) is 2.02. The van der Waals surface area contributed by atoms with Crippen LogP contribution in [0.1, 0.15) is 36.8 Å². The first kappa shape index (κ1) is 8.75. The van der Waals surface area contributed by atoms with Gasteiger partial charge in [-0.15, -0.1) is 0 Å². The Labute approximate surface area is 78.5 Å². The van der Waals surface area contributed by atoms with E-state index in [1.165, 1.54) is 12.8 Å². The number of hydrogen-bond donors (Lipinski definition) is 1. The highest BCUT2D eigenvalue weighted by Crippen LogP contribution is 2.33. The van der Waals surface area contributed by atoms with E-state index in [1.807, 2.05) is 20.2 Å². The normalized spacial score (nSPS) is 28.2. The molecule has 1 N–H and O–H groups in total. The Morgan fingerprint density at radius 3 is 2.92 bits per heavy atom. The number of oxazole rings is 1. The van der Waals surface area contributed by atoms with Gasteiger partial charge in [0.2, 0.25) is 0 Å². The van der Waals surface area contributed by atoms with Gasteiger partial charge in [0.1, 0.15) is 5.76 Å². The van der Waals surface area contributed by atoms with E-state index in [1.54, 1.807) is 0 Å². The van der Waals surface area contributed by atoms with Gasteiger partial charge in [-0.25, -0.2) is 4.98 Å². The van der Waals surface area contributed by atoms with Gasteiger partial charge in [-0.2, -0.15) is 0 Å². The fourth-order valence-electron chi connectivity index (χ4n) is 2.03. The molecule has 0 bridgehead atoms. The fraction of sp³-hybridized carbons (Fsp3) is 0.700. The van der Waals surface area contributed by atoms with Gasteiger partial charge < -0.3 is 9.73 Å². The molecule has 13 heavy (non-hydrogen) atoms. The topological polar surface area (TPSA) is 38.1 Å². The summed E-state index contributed by atoms with van der Waals surface area (Å²) in [6, 6.07) is 0.650. The lowest BCUT2D eigenvalue weighted by molar-refractivity contribution is 0.426. The molecule has 1 fully saturated rings. The molecule has 0 saturated heterocycles. The number of nitrogens with zero attached hydrogens (tertiary/aromatic N) is 1. The second-order valence-corrected chi connectivity index (χ2v) is 3.80. The number of rotatable bonds is 2. The zero-order chi connectivity index (χ0) is 9.26. The molecule has 1 saturated carbocycles. The van der Waals surface area contributed by atoms with Crippen LogP contribution in [-0.2, 0) is 0 Å². The van der Waals surface area contributed by atoms with Gasteiger partial charge >= 0.3 is 0 Å². The molecule has 0 aromatic carbocycles. The number of nitrogens with one attached hydrogen (secondary N) is 1. The van der Waals surface area contributed by atoms with E-state index in [4.69, 9.17) is 4.42 Å². The maximum Gasteiger partial charge on any atom is 0.197 e. The monoisotopic (exact) mass is 180 g/mol. The smallest absolute Gasteiger partial charge is 0.197 e. The highest BCUT2D eigenvalue weighted by atomic mass is 16.4. The minimum Gasteiger partial charge on any atom is -0.446 e. The zero-order valence-corrected chi connectivity index (χ0v) is 8.21. The third-order valence-corrected chi connectivity index (χ3v) is 2.83. The van der Waals surface area contributed by atoms with E-state index in [0.717, 1.165) is 18.1 Å². The molecule has 2 rings (SSSR count). The van der Waals surface area contributed by atoms with Crippen LogP contribution < -0.4 is 5.32 Å². The largest absolute Gasteiger partial charge is 0.446 e. The third-order valence-electron chi connectivity index (χ3n) is 2.83. The van der Waals surface area contributed by atoms with E-state index in [9.17, 15) is 0 Å². The predicted octanol–water partition coefficient (Wildman–Crippen LogP) is 1.84. The maximum absolute atomic E-state index is 5.52. The first-order valence-electron chi connectivity index (χ1n) is 4.89. The van der Waals surface area contributed by atoms with Crippen molar-refractivity contribution in [2.24, 2.45) is 0 Å². The standard InChI is InChI=1S/C10H16N2O/c1-7-6-12-10(13-7)8-3-4-9(5-8)11-2/h6,8-9,11H,3-5H2,1-2H3. The zero-order valence-electron chi connectivity index (χ0n) is 8.21. The van der Waals surface area contributed by atoms with Crippen molar-refractivity contribution in [1.29, 1.82) is 0 Å². The number of aryl methyl sites for hydroxylation is 1. The first-order chi connectivity index (χ1) is 6.29. The molecule has 1 aromatic rings. The Balaban J connectivity index is 2.03. The number of hydrogen-bond acceptors (Lipinski definition) is 3. The average molecular weight is 180 g/mol. The molecular weight excluding hydrogens is 164 g/mol. The van der Waals surface area contributed by atoms with Gasteiger partial charge in [0.25, 0.3) is 0 Å². The molecule has 0 spiro atoms. The molecule has 2 unspecified atom stereocenters. The summed E-state index contributed by atoms with van der Waals surface area (Å²) in [5, 5.41) is 3.30. The summed E-state index contributed by atoms with van der Waals surface area (Å²) in [5.41, 5.74) is 0. The van der Waals surface area contributed by atoms with Crippen LogP contribution in [0.15, 0.2) is 10.6 Å². The van der Waals surface area contributed by atoms with Crippen molar-refractivity contribution < 1.29 is 4.42 Å². The Morgan fingerprint density at radius 1 is 1.54 bits per heavy atom. The molecule has 0 aliphatic heterocycles. The van der Waals surface area contributed by atoms with Gasteiger partial charge in [-0.1, -0.05) is 0 Å². The quantitative estimate of drug-likeness (QED) is 0.754. The molecule has 3 nitrogen and oxygen atoms in total. The average Bonchev–Trinajstić information content (AvgIpc) is 2.71. The molecule has 1 heterocycles. The van der Waals surface area contributed by atoms with Crippen LogP contribution in [0, 0.1) is 6.92 Å². The van der Waals surface area contributed by atoms with Crippen molar-refractivity contribution in [3.8, 4) is 0 Å². The summed E-state index contributed by atoms with van der Waals surface area (Å²) in [5.74, 6) is 2.38. The molecule has 1 aromatic heterocycles. The molecule has 0 radical (unpaired) electrons. The first-order valence-corrected chi connectivity index (χ1v) is 4.89. The van der Waals surface area contributed by atoms with Crippen molar-refractivity contribution in [2.75, 3.05) is 7.05 Å². The maximum atomic E-state index is 5.52. The number of aromatic nitrogens is 1. The third kappa shape index (κ3) is 1.75. The van der Waals surface area contributed by atoms with E-state index >= 15 is 0 Å². The van der Waals surface area contributed by atoms with E-state index < -0.39 is 0 Å². The second-order valence-electron chi connectivity index (χ2n) is 3.80. The summed E-state index contributed by atoms with van der Waals surface area (Å²) in [6.45, 7) is 1.95. The molecule has 3 heteroatoms. The van der Waals surface area contributed by atoms with Gasteiger partial charge in [-0.3, -0.25) is 0 Å². The van der Waals surface area contributed by atoms with Gasteiger partial charge in [-0.05, 0) is 33.2 Å². The second kappa shape index (κ2) is 3.50. The SMILES string of the molecule is CNC1CCC(c2ncc(C)o2)C1. The fourth-order valence-corrected chi connectivity index (χ4v) is 2.03. The summed E-state index contributed by atoms with van der Waals surface area (Å²) in [6.07, 6.45) is 5.41. The lowest BCUT2D eigenvalue weighted by Crippen LogP contribution is -2.21. The van der Waals surface area contributed by atoms with Crippen LogP contribution >= 0.6 is 0 Å². The Bertz CT molecular complexity index is 282. The van der Waals surface area contributed by atoms with Crippen LogP contribution in [0.4, 0.5) is 0 Å². The van der Waals surface area contributed by atoms with Crippen LogP contribution in [0.2, 0.25) is 0 Å².